The summed E-state index contributed by atoms with van der Waals surface area (Å²) in [5.41, 5.74) is 7.97. The second kappa shape index (κ2) is 8.08. The highest BCUT2D eigenvalue weighted by atomic mass is 32.2. The molecule has 0 spiro atoms. The number of nitrogens with one attached hydrogen (secondary N) is 1. The lowest BCUT2D eigenvalue weighted by molar-refractivity contribution is 0.199. The summed E-state index contributed by atoms with van der Waals surface area (Å²) in [6.45, 7) is 1.70. The van der Waals surface area contributed by atoms with Crippen LogP contribution in [0.1, 0.15) is 23.5 Å². The molecule has 0 aliphatic heterocycles. The molecule has 5 nitrogen and oxygen atoms in total. The molecule has 0 bridgehead atoms. The van der Waals surface area contributed by atoms with Gasteiger partial charge in [0.1, 0.15) is 5.84 Å². The maximum absolute atomic E-state index is 13.2. The SMILES string of the molecule is CSc1sc(C(=N)N)cc1S(=O)(=O)c1cccc(-c2ccc(C(C)O)cc2)c1. The van der Waals surface area contributed by atoms with Gasteiger partial charge < -0.3 is 10.8 Å². The summed E-state index contributed by atoms with van der Waals surface area (Å²) in [7, 11) is -3.75. The Morgan fingerprint density at radius 1 is 1.14 bits per heavy atom. The van der Waals surface area contributed by atoms with Crippen molar-refractivity contribution in [2.24, 2.45) is 5.73 Å². The molecule has 3 aromatic rings. The molecule has 28 heavy (non-hydrogen) atoms. The number of benzene rings is 2. The van der Waals surface area contributed by atoms with Gasteiger partial charge in [-0.1, -0.05) is 36.4 Å². The van der Waals surface area contributed by atoms with Crippen molar-refractivity contribution in [1.29, 1.82) is 5.41 Å². The van der Waals surface area contributed by atoms with E-state index in [-0.39, 0.29) is 15.6 Å². The van der Waals surface area contributed by atoms with Gasteiger partial charge in [0.2, 0.25) is 9.84 Å². The molecule has 3 rings (SSSR count). The van der Waals surface area contributed by atoms with Gasteiger partial charge in [-0.3, -0.25) is 5.41 Å². The van der Waals surface area contributed by atoms with Gasteiger partial charge in [-0.2, -0.15) is 0 Å². The molecule has 0 amide bonds. The van der Waals surface area contributed by atoms with Crippen LogP contribution in [-0.4, -0.2) is 25.6 Å². The molecule has 1 unspecified atom stereocenters. The molecule has 1 heterocycles. The number of nitrogen functional groups attached to an aromatic ring is 1. The highest BCUT2D eigenvalue weighted by Crippen LogP contribution is 2.37. The molecule has 1 aromatic heterocycles. The van der Waals surface area contributed by atoms with E-state index in [2.05, 4.69) is 0 Å². The quantitative estimate of drug-likeness (QED) is 0.306. The highest BCUT2D eigenvalue weighted by molar-refractivity contribution is 8.01. The first-order valence-corrected chi connectivity index (χ1v) is 11.9. The standard InChI is InChI=1S/C20H20N2O3S3/c1-12(23)13-6-8-14(9-7-13)15-4-3-5-16(10-15)28(24,25)18-11-17(19(21)22)27-20(18)26-2/h3-12,23H,1-2H3,(H3,21,22). The van der Waals surface area contributed by atoms with Crippen molar-refractivity contribution in [2.75, 3.05) is 6.26 Å². The number of amidine groups is 1. The second-order valence-electron chi connectivity index (χ2n) is 6.21. The molecule has 2 aromatic carbocycles. The van der Waals surface area contributed by atoms with Crippen molar-refractivity contribution in [2.45, 2.75) is 27.0 Å². The Labute approximate surface area is 172 Å². The molecule has 1 atom stereocenters. The topological polar surface area (TPSA) is 104 Å². The van der Waals surface area contributed by atoms with Gasteiger partial charge in [-0.25, -0.2) is 8.42 Å². The van der Waals surface area contributed by atoms with Gasteiger partial charge in [0.05, 0.1) is 25.0 Å². The normalized spacial score (nSPS) is 12.7. The fourth-order valence-corrected chi connectivity index (χ4v) is 6.65. The van der Waals surface area contributed by atoms with Gasteiger partial charge >= 0.3 is 0 Å². The van der Waals surface area contributed by atoms with Gasteiger partial charge in [0, 0.05) is 0 Å². The number of sulfone groups is 1. The minimum atomic E-state index is -3.75. The van der Waals surface area contributed by atoms with Gasteiger partial charge in [0.25, 0.3) is 0 Å². The van der Waals surface area contributed by atoms with E-state index in [1.54, 1.807) is 31.4 Å². The van der Waals surface area contributed by atoms with Crippen LogP contribution in [0.25, 0.3) is 11.1 Å². The number of hydrogen-bond donors (Lipinski definition) is 3. The maximum Gasteiger partial charge on any atom is 0.208 e. The summed E-state index contributed by atoms with van der Waals surface area (Å²) < 4.78 is 27.1. The number of hydrogen-bond acceptors (Lipinski definition) is 6. The second-order valence-corrected chi connectivity index (χ2v) is 10.3. The lowest BCUT2D eigenvalue weighted by Crippen LogP contribution is -2.08. The van der Waals surface area contributed by atoms with Crippen LogP contribution < -0.4 is 5.73 Å². The van der Waals surface area contributed by atoms with E-state index in [9.17, 15) is 13.5 Å². The molecule has 0 aliphatic rings. The van der Waals surface area contributed by atoms with E-state index in [0.29, 0.717) is 9.09 Å². The third kappa shape index (κ3) is 4.00. The van der Waals surface area contributed by atoms with Crippen LogP contribution >= 0.6 is 23.1 Å². The van der Waals surface area contributed by atoms with E-state index in [1.165, 1.54) is 29.2 Å². The van der Waals surface area contributed by atoms with Crippen LogP contribution in [0.2, 0.25) is 0 Å². The summed E-state index contributed by atoms with van der Waals surface area (Å²) in [5.74, 6) is -0.145. The van der Waals surface area contributed by atoms with Crippen LogP contribution in [0.5, 0.6) is 0 Å². The molecule has 8 heteroatoms. The van der Waals surface area contributed by atoms with Crippen molar-refractivity contribution in [3.63, 3.8) is 0 Å². The van der Waals surface area contributed by atoms with Gasteiger partial charge in [-0.15, -0.1) is 23.1 Å². The lowest BCUT2D eigenvalue weighted by atomic mass is 10.0. The molecule has 0 radical (unpaired) electrons. The lowest BCUT2D eigenvalue weighted by Gasteiger charge is -2.09. The summed E-state index contributed by atoms with van der Waals surface area (Å²) in [4.78, 5) is 0.803. The Bertz CT molecular complexity index is 1120. The van der Waals surface area contributed by atoms with Crippen LogP contribution in [0.3, 0.4) is 0 Å². The molecule has 146 valence electrons. The molecule has 0 fully saturated rings. The molecular formula is C20H20N2O3S3. The number of thiophene rings is 1. The summed E-state index contributed by atoms with van der Waals surface area (Å²) >= 11 is 2.53. The largest absolute Gasteiger partial charge is 0.389 e. The summed E-state index contributed by atoms with van der Waals surface area (Å²) in [6, 6.07) is 15.6. The van der Waals surface area contributed by atoms with E-state index in [1.807, 2.05) is 30.3 Å². The molecule has 0 saturated heterocycles. The van der Waals surface area contributed by atoms with E-state index in [4.69, 9.17) is 11.1 Å². The number of thioether (sulfide) groups is 1. The number of rotatable bonds is 6. The van der Waals surface area contributed by atoms with Crippen LogP contribution in [0, 0.1) is 5.41 Å². The van der Waals surface area contributed by atoms with E-state index < -0.39 is 15.9 Å². The highest BCUT2D eigenvalue weighted by Gasteiger charge is 2.25. The Kier molecular flexibility index (Phi) is 5.95. The average Bonchev–Trinajstić information content (AvgIpc) is 3.14. The zero-order valence-electron chi connectivity index (χ0n) is 15.3. The zero-order chi connectivity index (χ0) is 20.5. The van der Waals surface area contributed by atoms with Crippen LogP contribution in [-0.2, 0) is 9.84 Å². The summed E-state index contributed by atoms with van der Waals surface area (Å²) in [6.07, 6.45) is 1.24. The molecular weight excluding hydrogens is 412 g/mol. The first-order chi connectivity index (χ1) is 13.2. The van der Waals surface area contributed by atoms with Crippen molar-refractivity contribution in [1.82, 2.24) is 0 Å². The van der Waals surface area contributed by atoms with Crippen molar-refractivity contribution >= 4 is 38.8 Å². The average molecular weight is 433 g/mol. The van der Waals surface area contributed by atoms with Crippen molar-refractivity contribution in [3.8, 4) is 11.1 Å². The van der Waals surface area contributed by atoms with Gasteiger partial charge in [0.15, 0.2) is 0 Å². The fraction of sp³-hybridized carbons (Fsp3) is 0.150. The fourth-order valence-electron chi connectivity index (χ4n) is 2.74. The number of aliphatic hydroxyl groups excluding tert-OH is 1. The smallest absolute Gasteiger partial charge is 0.208 e. The first-order valence-electron chi connectivity index (χ1n) is 8.40. The Morgan fingerprint density at radius 3 is 2.39 bits per heavy atom. The van der Waals surface area contributed by atoms with Crippen LogP contribution in [0.4, 0.5) is 0 Å². The monoisotopic (exact) mass is 432 g/mol. The van der Waals surface area contributed by atoms with E-state index >= 15 is 0 Å². The van der Waals surface area contributed by atoms with Crippen LogP contribution in [0.15, 0.2) is 68.6 Å². The Hall–Kier alpha value is -2.13. The van der Waals surface area contributed by atoms with Crippen molar-refractivity contribution < 1.29 is 13.5 Å². The maximum atomic E-state index is 13.2. The van der Waals surface area contributed by atoms with E-state index in [0.717, 1.165) is 16.7 Å². The first kappa shape index (κ1) is 20.6. The van der Waals surface area contributed by atoms with Crippen molar-refractivity contribution in [3.05, 3.63) is 65.0 Å². The Morgan fingerprint density at radius 2 is 1.82 bits per heavy atom. The number of nitrogens with two attached hydrogens (primary N) is 1. The minimum Gasteiger partial charge on any atom is -0.389 e. The minimum absolute atomic E-state index is 0.145. The third-order valence-electron chi connectivity index (χ3n) is 4.28. The third-order valence-corrected chi connectivity index (χ3v) is 8.61. The van der Waals surface area contributed by atoms with Gasteiger partial charge in [-0.05, 0) is 48.1 Å². The molecule has 4 N–H and O–H groups in total. The Balaban J connectivity index is 2.05. The number of aliphatic hydroxyl groups is 1. The predicted octanol–water partition coefficient (Wildman–Crippen LogP) is 4.31. The molecule has 0 saturated carbocycles. The molecule has 0 aliphatic carbocycles. The predicted molar refractivity (Wildman–Crippen MR) is 115 cm³/mol. The summed E-state index contributed by atoms with van der Waals surface area (Å²) in [5, 5.41) is 17.2. The zero-order valence-corrected chi connectivity index (χ0v) is 17.8.